The molecule has 0 N–H and O–H groups in total. The fourth-order valence-electron chi connectivity index (χ4n) is 1.86. The van der Waals surface area contributed by atoms with Crippen molar-refractivity contribution in [3.8, 4) is 5.88 Å². The van der Waals surface area contributed by atoms with Crippen molar-refractivity contribution in [2.75, 3.05) is 0 Å². The van der Waals surface area contributed by atoms with Gasteiger partial charge in [0.15, 0.2) is 0 Å². The first kappa shape index (κ1) is 11.0. The number of imidazole rings is 1. The molecule has 0 unspecified atom stereocenters. The highest BCUT2D eigenvalue weighted by Crippen LogP contribution is 2.25. The van der Waals surface area contributed by atoms with Gasteiger partial charge < -0.3 is 4.42 Å². The molecule has 0 atom stereocenters. The zero-order valence-electron chi connectivity index (χ0n) is 10.7. The highest BCUT2D eigenvalue weighted by molar-refractivity contribution is 5.76. The third kappa shape index (κ3) is 1.70. The van der Waals surface area contributed by atoms with Crippen LogP contribution in [0.15, 0.2) is 41.2 Å². The average Bonchev–Trinajstić information content (AvgIpc) is 2.94. The van der Waals surface area contributed by atoms with Crippen LogP contribution in [0.25, 0.3) is 16.9 Å². The fourth-order valence-corrected chi connectivity index (χ4v) is 1.86. The summed E-state index contributed by atoms with van der Waals surface area (Å²) in [4.78, 5) is 8.68. The number of hydrogen-bond donors (Lipinski definition) is 0. The van der Waals surface area contributed by atoms with E-state index in [2.05, 4.69) is 30.7 Å². The Bertz CT molecular complexity index is 688. The van der Waals surface area contributed by atoms with Crippen LogP contribution < -0.4 is 0 Å². The molecule has 2 aromatic heterocycles. The lowest BCUT2D eigenvalue weighted by Gasteiger charge is -2.12. The number of fused-ring (bicyclic) bond motifs is 1. The van der Waals surface area contributed by atoms with E-state index < -0.39 is 0 Å². The predicted octanol–water partition coefficient (Wildman–Crippen LogP) is 3.31. The van der Waals surface area contributed by atoms with Gasteiger partial charge in [-0.3, -0.25) is 4.57 Å². The van der Waals surface area contributed by atoms with Gasteiger partial charge in [0, 0.05) is 5.41 Å². The van der Waals surface area contributed by atoms with E-state index >= 15 is 0 Å². The Balaban J connectivity index is 2.13. The van der Waals surface area contributed by atoms with Gasteiger partial charge in [0.05, 0.1) is 17.2 Å². The fraction of sp³-hybridized carbons (Fsp3) is 0.286. The molecule has 0 amide bonds. The Morgan fingerprint density at radius 1 is 1.11 bits per heavy atom. The van der Waals surface area contributed by atoms with Crippen LogP contribution in [0, 0.1) is 0 Å². The van der Waals surface area contributed by atoms with Gasteiger partial charge in [-0.15, -0.1) is 0 Å². The highest BCUT2D eigenvalue weighted by Gasteiger charge is 2.21. The van der Waals surface area contributed by atoms with E-state index in [1.807, 2.05) is 28.8 Å². The van der Waals surface area contributed by atoms with Gasteiger partial charge in [-0.05, 0) is 12.1 Å². The molecule has 0 saturated heterocycles. The standard InChI is InChI=1S/C14H15N3O/c1-14(2,3)13-15-8-12(18-13)17-9-16-10-6-4-5-7-11(10)17/h4-9H,1-3H3. The number of aromatic nitrogens is 3. The predicted molar refractivity (Wildman–Crippen MR) is 69.8 cm³/mol. The van der Waals surface area contributed by atoms with Gasteiger partial charge in [0.1, 0.15) is 6.33 Å². The molecule has 0 aliphatic rings. The molecule has 0 aliphatic carbocycles. The number of nitrogens with zero attached hydrogens (tertiary/aromatic N) is 3. The molecule has 92 valence electrons. The zero-order valence-corrected chi connectivity index (χ0v) is 10.7. The monoisotopic (exact) mass is 241 g/mol. The molecule has 2 heterocycles. The molecule has 3 aromatic rings. The van der Waals surface area contributed by atoms with Crippen LogP contribution >= 0.6 is 0 Å². The molecule has 3 rings (SSSR count). The lowest BCUT2D eigenvalue weighted by Crippen LogP contribution is -2.11. The zero-order chi connectivity index (χ0) is 12.8. The third-order valence-corrected chi connectivity index (χ3v) is 2.83. The van der Waals surface area contributed by atoms with Crippen LogP contribution in [-0.2, 0) is 5.41 Å². The van der Waals surface area contributed by atoms with E-state index in [-0.39, 0.29) is 5.41 Å². The van der Waals surface area contributed by atoms with E-state index in [0.29, 0.717) is 5.88 Å². The molecule has 0 bridgehead atoms. The number of oxazole rings is 1. The molecular weight excluding hydrogens is 226 g/mol. The number of rotatable bonds is 1. The molecule has 0 saturated carbocycles. The summed E-state index contributed by atoms with van der Waals surface area (Å²) in [6.07, 6.45) is 3.51. The Labute approximate surface area is 105 Å². The Kier molecular flexibility index (Phi) is 2.26. The maximum atomic E-state index is 5.81. The second-order valence-electron chi connectivity index (χ2n) is 5.36. The lowest BCUT2D eigenvalue weighted by atomic mass is 9.97. The molecule has 0 spiro atoms. The Morgan fingerprint density at radius 2 is 1.89 bits per heavy atom. The summed E-state index contributed by atoms with van der Waals surface area (Å²) >= 11 is 0. The molecule has 0 radical (unpaired) electrons. The van der Waals surface area contributed by atoms with Crippen molar-refractivity contribution in [2.45, 2.75) is 26.2 Å². The summed E-state index contributed by atoms with van der Waals surface area (Å²) in [7, 11) is 0. The first-order chi connectivity index (χ1) is 8.55. The number of para-hydroxylation sites is 2. The van der Waals surface area contributed by atoms with Crippen molar-refractivity contribution in [2.24, 2.45) is 0 Å². The van der Waals surface area contributed by atoms with Crippen LogP contribution in [0.4, 0.5) is 0 Å². The molecule has 1 aromatic carbocycles. The average molecular weight is 241 g/mol. The second kappa shape index (κ2) is 3.70. The summed E-state index contributed by atoms with van der Waals surface area (Å²) in [5.74, 6) is 1.43. The van der Waals surface area contributed by atoms with E-state index in [9.17, 15) is 0 Å². The van der Waals surface area contributed by atoms with Crippen molar-refractivity contribution in [1.29, 1.82) is 0 Å². The normalized spacial score (nSPS) is 12.2. The summed E-state index contributed by atoms with van der Waals surface area (Å²) in [5.41, 5.74) is 1.88. The smallest absolute Gasteiger partial charge is 0.226 e. The van der Waals surface area contributed by atoms with Crippen LogP contribution in [0.5, 0.6) is 0 Å². The van der Waals surface area contributed by atoms with Crippen LogP contribution in [0.1, 0.15) is 26.7 Å². The van der Waals surface area contributed by atoms with Crippen molar-refractivity contribution < 1.29 is 4.42 Å². The van der Waals surface area contributed by atoms with Crippen LogP contribution in [-0.4, -0.2) is 14.5 Å². The first-order valence-electron chi connectivity index (χ1n) is 5.94. The first-order valence-corrected chi connectivity index (χ1v) is 5.94. The molecule has 0 fully saturated rings. The van der Waals surface area contributed by atoms with Crippen LogP contribution in [0.2, 0.25) is 0 Å². The molecule has 18 heavy (non-hydrogen) atoms. The van der Waals surface area contributed by atoms with Crippen molar-refractivity contribution in [3.63, 3.8) is 0 Å². The summed E-state index contributed by atoms with van der Waals surface area (Å²) in [5, 5.41) is 0. The van der Waals surface area contributed by atoms with E-state index in [1.54, 1.807) is 12.5 Å². The highest BCUT2D eigenvalue weighted by atomic mass is 16.4. The van der Waals surface area contributed by atoms with Gasteiger partial charge in [-0.1, -0.05) is 32.9 Å². The van der Waals surface area contributed by atoms with Gasteiger partial charge in [-0.25, -0.2) is 9.97 Å². The minimum Gasteiger partial charge on any atom is -0.424 e. The van der Waals surface area contributed by atoms with Crippen molar-refractivity contribution in [1.82, 2.24) is 14.5 Å². The van der Waals surface area contributed by atoms with Crippen molar-refractivity contribution in [3.05, 3.63) is 42.7 Å². The summed E-state index contributed by atoms with van der Waals surface area (Å²) in [6, 6.07) is 7.96. The molecular formula is C14H15N3O. The maximum absolute atomic E-state index is 5.81. The van der Waals surface area contributed by atoms with Crippen LogP contribution in [0.3, 0.4) is 0 Å². The largest absolute Gasteiger partial charge is 0.424 e. The minimum atomic E-state index is -0.0887. The lowest BCUT2D eigenvalue weighted by molar-refractivity contribution is 0.386. The van der Waals surface area contributed by atoms with E-state index in [1.165, 1.54) is 0 Å². The van der Waals surface area contributed by atoms with E-state index in [0.717, 1.165) is 16.9 Å². The molecule has 4 heteroatoms. The van der Waals surface area contributed by atoms with Gasteiger partial charge in [0.25, 0.3) is 0 Å². The maximum Gasteiger partial charge on any atom is 0.226 e. The third-order valence-electron chi connectivity index (χ3n) is 2.83. The van der Waals surface area contributed by atoms with Gasteiger partial charge >= 0.3 is 0 Å². The topological polar surface area (TPSA) is 43.9 Å². The molecule has 4 nitrogen and oxygen atoms in total. The SMILES string of the molecule is CC(C)(C)c1ncc(-n2cnc3ccccc32)o1. The number of hydrogen-bond acceptors (Lipinski definition) is 3. The Hall–Kier alpha value is -2.10. The quantitative estimate of drug-likeness (QED) is 0.656. The minimum absolute atomic E-state index is 0.0887. The van der Waals surface area contributed by atoms with Gasteiger partial charge in [-0.2, -0.15) is 0 Å². The Morgan fingerprint density at radius 3 is 2.61 bits per heavy atom. The van der Waals surface area contributed by atoms with E-state index in [4.69, 9.17) is 4.42 Å². The second-order valence-corrected chi connectivity index (χ2v) is 5.36. The molecule has 0 aliphatic heterocycles. The summed E-state index contributed by atoms with van der Waals surface area (Å²) in [6.45, 7) is 6.23. The number of benzene rings is 1. The summed E-state index contributed by atoms with van der Waals surface area (Å²) < 4.78 is 7.73. The van der Waals surface area contributed by atoms with Gasteiger partial charge in [0.2, 0.25) is 11.8 Å². The van der Waals surface area contributed by atoms with Crippen molar-refractivity contribution >= 4 is 11.0 Å².